The normalized spacial score (nSPS) is 11.5. The molecular formula is C16H16ClN3O5S. The van der Waals surface area contributed by atoms with E-state index in [1.165, 1.54) is 0 Å². The van der Waals surface area contributed by atoms with E-state index in [0.717, 1.165) is 11.0 Å². The number of methoxy groups -OCH3 is 1. The molecule has 1 aromatic carbocycles. The van der Waals surface area contributed by atoms with E-state index < -0.39 is 10.1 Å². The van der Waals surface area contributed by atoms with E-state index in [1.807, 2.05) is 0 Å². The lowest BCUT2D eigenvalue weighted by Gasteiger charge is -2.06. The van der Waals surface area contributed by atoms with Crippen molar-refractivity contribution in [2.75, 3.05) is 19.1 Å². The molecule has 0 radical (unpaired) electrons. The Balaban J connectivity index is 2.04. The molecule has 3 rings (SSSR count). The number of imidazole rings is 1. The van der Waals surface area contributed by atoms with Crippen LogP contribution in [0, 0.1) is 6.92 Å². The van der Waals surface area contributed by atoms with Crippen LogP contribution in [-0.2, 0) is 10.1 Å². The van der Waals surface area contributed by atoms with Gasteiger partial charge in [-0.15, -0.1) is 4.73 Å². The molecule has 8 nitrogen and oxygen atoms in total. The van der Waals surface area contributed by atoms with E-state index in [4.69, 9.17) is 30.8 Å². The first-order chi connectivity index (χ1) is 12.2. The number of ether oxygens (including phenoxy) is 1. The van der Waals surface area contributed by atoms with Gasteiger partial charge in [-0.3, -0.25) is 4.28 Å². The first-order valence-corrected chi connectivity index (χ1v) is 9.58. The maximum atomic E-state index is 11.4. The molecule has 0 aliphatic rings. The van der Waals surface area contributed by atoms with Gasteiger partial charge in [0.1, 0.15) is 17.2 Å². The average Bonchev–Trinajstić information content (AvgIpc) is 3.14. The second-order valence-electron chi connectivity index (χ2n) is 5.49. The number of anilines is 1. The maximum Gasteiger partial charge on any atom is 0.324 e. The van der Waals surface area contributed by atoms with Gasteiger partial charge in [0.2, 0.25) is 5.95 Å². The number of benzene rings is 1. The molecule has 2 aromatic heterocycles. The van der Waals surface area contributed by atoms with Crippen LogP contribution in [0.2, 0.25) is 5.02 Å². The van der Waals surface area contributed by atoms with Gasteiger partial charge in [0.15, 0.2) is 5.76 Å². The zero-order chi connectivity index (χ0) is 19.1. The minimum absolute atomic E-state index is 0.110. The van der Waals surface area contributed by atoms with Gasteiger partial charge in [0, 0.05) is 5.02 Å². The van der Waals surface area contributed by atoms with E-state index >= 15 is 0 Å². The van der Waals surface area contributed by atoms with Crippen LogP contribution in [0.25, 0.3) is 22.8 Å². The molecule has 2 N–H and O–H groups in total. The molecule has 0 atom stereocenters. The second kappa shape index (κ2) is 6.58. The monoisotopic (exact) mass is 397 g/mol. The van der Waals surface area contributed by atoms with Gasteiger partial charge >= 0.3 is 10.1 Å². The molecule has 0 aliphatic carbocycles. The van der Waals surface area contributed by atoms with Crippen molar-refractivity contribution in [2.45, 2.75) is 6.92 Å². The van der Waals surface area contributed by atoms with Crippen LogP contribution in [-0.4, -0.2) is 31.5 Å². The van der Waals surface area contributed by atoms with Crippen molar-refractivity contribution in [1.82, 2.24) is 9.71 Å². The molecule has 0 saturated carbocycles. The predicted molar refractivity (Wildman–Crippen MR) is 97.5 cm³/mol. The van der Waals surface area contributed by atoms with Crippen molar-refractivity contribution >= 4 is 27.7 Å². The fourth-order valence-corrected chi connectivity index (χ4v) is 3.09. The quantitative estimate of drug-likeness (QED) is 0.704. The number of aromatic nitrogens is 2. The van der Waals surface area contributed by atoms with Crippen molar-refractivity contribution in [2.24, 2.45) is 0 Å². The molecule has 3 aromatic rings. The molecule has 0 bridgehead atoms. The fourth-order valence-electron chi connectivity index (χ4n) is 2.45. The summed E-state index contributed by atoms with van der Waals surface area (Å²) in [7, 11) is -2.21. The second-order valence-corrected chi connectivity index (χ2v) is 7.48. The summed E-state index contributed by atoms with van der Waals surface area (Å²) in [5.41, 5.74) is 7.16. The van der Waals surface area contributed by atoms with Crippen LogP contribution in [0.4, 0.5) is 5.95 Å². The van der Waals surface area contributed by atoms with E-state index in [2.05, 4.69) is 4.98 Å². The van der Waals surface area contributed by atoms with Crippen LogP contribution in [0.15, 0.2) is 34.7 Å². The first-order valence-electron chi connectivity index (χ1n) is 7.38. The number of hydrogen-bond acceptors (Lipinski definition) is 7. The van der Waals surface area contributed by atoms with Gasteiger partial charge in [-0.2, -0.15) is 8.42 Å². The SMILES string of the molecule is COc1ccc(Cl)cc1-c1ccc(-c2nc(N)n(OS(C)(=O)=O)c2C)o1. The number of nitrogen functional groups attached to an aromatic ring is 1. The predicted octanol–water partition coefficient (Wildman–Crippen LogP) is 2.75. The Bertz CT molecular complexity index is 1070. The highest BCUT2D eigenvalue weighted by molar-refractivity contribution is 7.86. The van der Waals surface area contributed by atoms with Crippen molar-refractivity contribution < 1.29 is 21.9 Å². The number of furan rings is 1. The summed E-state index contributed by atoms with van der Waals surface area (Å²) >= 11 is 6.06. The first kappa shape index (κ1) is 18.2. The third kappa shape index (κ3) is 3.49. The molecular weight excluding hydrogens is 382 g/mol. The van der Waals surface area contributed by atoms with Crippen LogP contribution in [0.1, 0.15) is 5.69 Å². The van der Waals surface area contributed by atoms with Crippen molar-refractivity contribution in [3.05, 3.63) is 41.0 Å². The Labute approximate surface area is 155 Å². The van der Waals surface area contributed by atoms with Gasteiger partial charge in [0.05, 0.1) is 24.6 Å². The van der Waals surface area contributed by atoms with Gasteiger partial charge < -0.3 is 14.9 Å². The third-order valence-electron chi connectivity index (χ3n) is 3.56. The summed E-state index contributed by atoms with van der Waals surface area (Å²) in [4.78, 5) is 4.13. The Morgan fingerprint density at radius 3 is 2.58 bits per heavy atom. The summed E-state index contributed by atoms with van der Waals surface area (Å²) < 4.78 is 39.7. The van der Waals surface area contributed by atoms with Crippen LogP contribution in [0.5, 0.6) is 5.75 Å². The lowest BCUT2D eigenvalue weighted by Crippen LogP contribution is -2.21. The lowest BCUT2D eigenvalue weighted by molar-refractivity contribution is 0.281. The zero-order valence-corrected chi connectivity index (χ0v) is 15.8. The van der Waals surface area contributed by atoms with Crippen molar-refractivity contribution in [3.63, 3.8) is 0 Å². The molecule has 138 valence electrons. The third-order valence-corrected chi connectivity index (χ3v) is 4.21. The van der Waals surface area contributed by atoms with Crippen LogP contribution >= 0.6 is 11.6 Å². The molecule has 0 fully saturated rings. The number of rotatable bonds is 5. The maximum absolute atomic E-state index is 11.4. The molecule has 2 heterocycles. The smallest absolute Gasteiger partial charge is 0.324 e. The summed E-state index contributed by atoms with van der Waals surface area (Å²) in [6.07, 6.45) is 0.919. The van der Waals surface area contributed by atoms with E-state index in [9.17, 15) is 8.42 Å². The van der Waals surface area contributed by atoms with Gasteiger partial charge in [-0.25, -0.2) is 4.98 Å². The summed E-state index contributed by atoms with van der Waals surface area (Å²) in [6, 6.07) is 8.58. The lowest BCUT2D eigenvalue weighted by atomic mass is 10.1. The highest BCUT2D eigenvalue weighted by Gasteiger charge is 2.21. The number of nitrogens with zero attached hydrogens (tertiary/aromatic N) is 2. The molecule has 0 aliphatic heterocycles. The average molecular weight is 398 g/mol. The van der Waals surface area contributed by atoms with Crippen LogP contribution < -0.4 is 14.8 Å². The molecule has 0 amide bonds. The largest absolute Gasteiger partial charge is 0.496 e. The minimum atomic E-state index is -3.76. The van der Waals surface area contributed by atoms with E-state index in [-0.39, 0.29) is 5.95 Å². The van der Waals surface area contributed by atoms with Crippen molar-refractivity contribution in [1.29, 1.82) is 0 Å². The Morgan fingerprint density at radius 2 is 1.92 bits per heavy atom. The van der Waals surface area contributed by atoms with E-state index in [0.29, 0.717) is 39.2 Å². The van der Waals surface area contributed by atoms with Gasteiger partial charge in [-0.1, -0.05) is 11.6 Å². The molecule has 10 heteroatoms. The Hall–Kier alpha value is -2.65. The minimum Gasteiger partial charge on any atom is -0.496 e. The summed E-state index contributed by atoms with van der Waals surface area (Å²) in [5.74, 6) is 1.39. The van der Waals surface area contributed by atoms with Gasteiger partial charge in [-0.05, 0) is 37.3 Å². The molecule has 0 saturated heterocycles. The molecule has 0 spiro atoms. The van der Waals surface area contributed by atoms with Crippen molar-refractivity contribution in [3.8, 4) is 28.5 Å². The molecule has 0 unspecified atom stereocenters. The Morgan fingerprint density at radius 1 is 1.23 bits per heavy atom. The van der Waals surface area contributed by atoms with Crippen LogP contribution in [0.3, 0.4) is 0 Å². The Kier molecular flexibility index (Phi) is 4.59. The topological polar surface area (TPSA) is 110 Å². The standard InChI is InChI=1S/C16H16ClN3O5S/c1-9-15(19-16(18)20(9)25-26(3,21)22)14-7-6-13(24-14)11-8-10(17)4-5-12(11)23-2/h4-8H,1-3H3,(H2,18,19). The molecule has 26 heavy (non-hydrogen) atoms. The van der Waals surface area contributed by atoms with E-state index in [1.54, 1.807) is 44.4 Å². The number of nitrogens with two attached hydrogens (primary N) is 1. The summed E-state index contributed by atoms with van der Waals surface area (Å²) in [6.45, 7) is 1.62. The van der Waals surface area contributed by atoms with Gasteiger partial charge in [0.25, 0.3) is 0 Å². The fraction of sp³-hybridized carbons (Fsp3) is 0.188. The highest BCUT2D eigenvalue weighted by atomic mass is 35.5. The number of halogens is 1. The highest BCUT2D eigenvalue weighted by Crippen LogP contribution is 2.36. The zero-order valence-electron chi connectivity index (χ0n) is 14.2. The number of hydrogen-bond donors (Lipinski definition) is 1. The summed E-state index contributed by atoms with van der Waals surface area (Å²) in [5, 5.41) is 0.532.